The molecule has 0 unspecified atom stereocenters. The second-order valence-electron chi connectivity index (χ2n) is 8.42. The number of nitrogens with one attached hydrogen (secondary N) is 1. The molecule has 2 aliphatic rings. The Labute approximate surface area is 184 Å². The van der Waals surface area contributed by atoms with E-state index in [1.807, 2.05) is 13.8 Å². The Hall–Kier alpha value is -2.22. The molecule has 1 fully saturated rings. The van der Waals surface area contributed by atoms with E-state index in [4.69, 9.17) is 4.74 Å². The van der Waals surface area contributed by atoms with Crippen molar-refractivity contribution in [1.82, 2.24) is 9.62 Å². The van der Waals surface area contributed by atoms with Crippen LogP contribution in [-0.4, -0.2) is 44.9 Å². The van der Waals surface area contributed by atoms with Crippen molar-refractivity contribution in [2.45, 2.75) is 50.5 Å². The molecule has 0 radical (unpaired) electrons. The van der Waals surface area contributed by atoms with Crippen LogP contribution in [0.25, 0.3) is 0 Å². The molecule has 2 aromatic rings. The summed E-state index contributed by atoms with van der Waals surface area (Å²) < 4.78 is 32.7. The molecule has 166 valence electrons. The van der Waals surface area contributed by atoms with Crippen LogP contribution < -0.4 is 5.32 Å². The number of hydrogen-bond donors (Lipinski definition) is 1. The van der Waals surface area contributed by atoms with Crippen LogP contribution in [0.15, 0.2) is 41.3 Å². The quantitative estimate of drug-likeness (QED) is 0.770. The van der Waals surface area contributed by atoms with Crippen molar-refractivity contribution in [3.8, 4) is 0 Å². The molecule has 0 saturated carbocycles. The second-order valence-corrected chi connectivity index (χ2v) is 10.4. The Bertz CT molecular complexity index is 1070. The average Bonchev–Trinajstić information content (AvgIpc) is 2.79. The molecular weight excluding hydrogens is 412 g/mol. The van der Waals surface area contributed by atoms with Crippen LogP contribution in [0, 0.1) is 6.92 Å². The summed E-state index contributed by atoms with van der Waals surface area (Å²) in [5, 5.41) is 3.05. The lowest BCUT2D eigenvalue weighted by atomic mass is 9.89. The van der Waals surface area contributed by atoms with Crippen LogP contribution in [0.1, 0.15) is 58.4 Å². The Morgan fingerprint density at radius 2 is 1.74 bits per heavy atom. The van der Waals surface area contributed by atoms with E-state index in [0.717, 1.165) is 24.0 Å². The summed E-state index contributed by atoms with van der Waals surface area (Å²) >= 11 is 0. The lowest BCUT2D eigenvalue weighted by Gasteiger charge is -2.26. The van der Waals surface area contributed by atoms with Crippen LogP contribution in [0.3, 0.4) is 0 Å². The van der Waals surface area contributed by atoms with Gasteiger partial charge in [-0.3, -0.25) is 4.79 Å². The van der Waals surface area contributed by atoms with E-state index in [-0.39, 0.29) is 16.8 Å². The van der Waals surface area contributed by atoms with Crippen LogP contribution >= 0.6 is 0 Å². The first-order valence-corrected chi connectivity index (χ1v) is 12.4. The fraction of sp³-hybridized carbons (Fsp3) is 0.458. The van der Waals surface area contributed by atoms with Crippen molar-refractivity contribution in [2.24, 2.45) is 0 Å². The lowest BCUT2D eigenvalue weighted by Crippen LogP contribution is -2.40. The molecule has 6 nitrogen and oxygen atoms in total. The zero-order valence-corrected chi connectivity index (χ0v) is 19.0. The van der Waals surface area contributed by atoms with Crippen LogP contribution in [0.4, 0.5) is 0 Å². The van der Waals surface area contributed by atoms with Gasteiger partial charge in [-0.15, -0.1) is 0 Å². The number of carbonyl (C=O) groups is 1. The number of morpholine rings is 1. The van der Waals surface area contributed by atoms with Gasteiger partial charge in [-0.25, -0.2) is 8.42 Å². The van der Waals surface area contributed by atoms with E-state index in [1.54, 1.807) is 12.1 Å². The van der Waals surface area contributed by atoms with E-state index in [0.29, 0.717) is 31.9 Å². The third-order valence-corrected chi connectivity index (χ3v) is 8.18. The van der Waals surface area contributed by atoms with Crippen molar-refractivity contribution < 1.29 is 17.9 Å². The summed E-state index contributed by atoms with van der Waals surface area (Å²) in [6.07, 6.45) is 4.66. The van der Waals surface area contributed by atoms with Gasteiger partial charge in [0.2, 0.25) is 10.0 Å². The predicted octanol–water partition coefficient (Wildman–Crippen LogP) is 3.39. The van der Waals surface area contributed by atoms with Gasteiger partial charge in [0.15, 0.2) is 0 Å². The molecule has 2 aromatic carbocycles. The number of amides is 1. The number of benzene rings is 2. The maximum absolute atomic E-state index is 13.1. The number of hydrogen-bond acceptors (Lipinski definition) is 4. The van der Waals surface area contributed by atoms with Gasteiger partial charge in [-0.1, -0.05) is 24.3 Å². The standard InChI is InChI=1S/C24H30N2O4S/c1-17-7-10-22(31(28,29)26-11-13-30-14-12-26)16-23(17)24(27)25-18(2)20-9-8-19-5-3-4-6-21(19)15-20/h7-10,15-16,18H,3-6,11-14H2,1-2H3,(H,25,27)/t18-/m1/s1. The maximum atomic E-state index is 13.1. The Balaban J connectivity index is 1.53. The average molecular weight is 443 g/mol. The highest BCUT2D eigenvalue weighted by molar-refractivity contribution is 7.89. The van der Waals surface area contributed by atoms with Crippen LogP contribution in [0.5, 0.6) is 0 Å². The molecule has 4 rings (SSSR count). The van der Waals surface area contributed by atoms with Gasteiger partial charge in [-0.05, 0) is 73.9 Å². The van der Waals surface area contributed by atoms with E-state index in [9.17, 15) is 13.2 Å². The summed E-state index contributed by atoms with van der Waals surface area (Å²) in [5.74, 6) is -0.262. The number of nitrogens with zero attached hydrogens (tertiary/aromatic N) is 1. The van der Waals surface area contributed by atoms with E-state index < -0.39 is 10.0 Å². The van der Waals surface area contributed by atoms with Crippen molar-refractivity contribution >= 4 is 15.9 Å². The van der Waals surface area contributed by atoms with Crippen molar-refractivity contribution in [1.29, 1.82) is 0 Å². The van der Waals surface area contributed by atoms with Crippen molar-refractivity contribution in [2.75, 3.05) is 26.3 Å². The topological polar surface area (TPSA) is 75.7 Å². The molecule has 0 spiro atoms. The zero-order valence-electron chi connectivity index (χ0n) is 18.2. The fourth-order valence-corrected chi connectivity index (χ4v) is 5.76. The Morgan fingerprint density at radius 3 is 2.48 bits per heavy atom. The number of carbonyl (C=O) groups excluding carboxylic acids is 1. The van der Waals surface area contributed by atoms with Gasteiger partial charge in [-0.2, -0.15) is 4.31 Å². The van der Waals surface area contributed by atoms with Gasteiger partial charge in [0.1, 0.15) is 0 Å². The summed E-state index contributed by atoms with van der Waals surface area (Å²) in [6, 6.07) is 11.1. The third-order valence-electron chi connectivity index (χ3n) is 6.28. The number of ether oxygens (including phenoxy) is 1. The van der Waals surface area contributed by atoms with Gasteiger partial charge < -0.3 is 10.1 Å². The molecule has 1 aliphatic carbocycles. The molecule has 0 aromatic heterocycles. The van der Waals surface area contributed by atoms with Gasteiger partial charge in [0.25, 0.3) is 5.91 Å². The summed E-state index contributed by atoms with van der Waals surface area (Å²) in [4.78, 5) is 13.2. The first-order valence-electron chi connectivity index (χ1n) is 11.0. The Kier molecular flexibility index (Phi) is 6.46. The third kappa shape index (κ3) is 4.68. The highest BCUT2D eigenvalue weighted by Crippen LogP contribution is 2.26. The molecule has 1 amide bonds. The maximum Gasteiger partial charge on any atom is 0.252 e. The number of fused-ring (bicyclic) bond motifs is 1. The van der Waals surface area contributed by atoms with Crippen LogP contribution in [-0.2, 0) is 27.6 Å². The number of rotatable bonds is 5. The first kappa shape index (κ1) is 22.0. The summed E-state index contributed by atoms with van der Waals surface area (Å²) in [7, 11) is -3.65. The highest BCUT2D eigenvalue weighted by atomic mass is 32.2. The first-order chi connectivity index (χ1) is 14.9. The number of aryl methyl sites for hydroxylation is 3. The molecule has 1 N–H and O–H groups in total. The predicted molar refractivity (Wildman–Crippen MR) is 120 cm³/mol. The SMILES string of the molecule is Cc1ccc(S(=O)(=O)N2CCOCC2)cc1C(=O)N[C@H](C)c1ccc2c(c1)CCCC2. The fourth-order valence-electron chi connectivity index (χ4n) is 4.32. The smallest absolute Gasteiger partial charge is 0.252 e. The molecule has 7 heteroatoms. The lowest BCUT2D eigenvalue weighted by molar-refractivity contribution is 0.0730. The molecular formula is C24H30N2O4S. The van der Waals surface area contributed by atoms with Gasteiger partial charge >= 0.3 is 0 Å². The largest absolute Gasteiger partial charge is 0.379 e. The van der Waals surface area contributed by atoms with Gasteiger partial charge in [0, 0.05) is 18.7 Å². The summed E-state index contributed by atoms with van der Waals surface area (Å²) in [6.45, 7) is 5.21. The molecule has 1 aliphatic heterocycles. The highest BCUT2D eigenvalue weighted by Gasteiger charge is 2.27. The minimum atomic E-state index is -3.65. The molecule has 1 atom stereocenters. The molecule has 31 heavy (non-hydrogen) atoms. The van der Waals surface area contributed by atoms with E-state index in [2.05, 4.69) is 23.5 Å². The minimum absolute atomic E-state index is 0.145. The Morgan fingerprint density at radius 1 is 1.03 bits per heavy atom. The summed E-state index contributed by atoms with van der Waals surface area (Å²) in [5.41, 5.74) is 4.99. The monoisotopic (exact) mass is 442 g/mol. The van der Waals surface area contributed by atoms with E-state index in [1.165, 1.54) is 34.3 Å². The van der Waals surface area contributed by atoms with Crippen molar-refractivity contribution in [3.05, 3.63) is 64.2 Å². The normalized spacial score (nSPS) is 18.3. The molecule has 0 bridgehead atoms. The van der Waals surface area contributed by atoms with E-state index >= 15 is 0 Å². The molecule has 1 heterocycles. The number of sulfonamides is 1. The second kappa shape index (κ2) is 9.10. The minimum Gasteiger partial charge on any atom is -0.379 e. The zero-order chi connectivity index (χ0) is 22.0. The van der Waals surface area contributed by atoms with Crippen LogP contribution in [0.2, 0.25) is 0 Å². The molecule has 1 saturated heterocycles. The van der Waals surface area contributed by atoms with Gasteiger partial charge in [0.05, 0.1) is 24.2 Å². The van der Waals surface area contributed by atoms with Crippen molar-refractivity contribution in [3.63, 3.8) is 0 Å².